The first-order valence-electron chi connectivity index (χ1n) is 11.6. The topological polar surface area (TPSA) is 32.7 Å². The van der Waals surface area contributed by atoms with Crippen LogP contribution in [0, 0.1) is 0 Å². The Balaban J connectivity index is 1.26. The van der Waals surface area contributed by atoms with Gasteiger partial charge < -0.3 is 9.84 Å². The summed E-state index contributed by atoms with van der Waals surface area (Å²) in [6.45, 7) is 3.37. The van der Waals surface area contributed by atoms with Crippen molar-refractivity contribution in [2.45, 2.75) is 87.9 Å². The van der Waals surface area contributed by atoms with E-state index >= 15 is 0 Å². The smallest absolute Gasteiger partial charge is 0.0753 e. The van der Waals surface area contributed by atoms with Gasteiger partial charge in [-0.1, -0.05) is 42.3 Å². The number of aliphatic hydroxyl groups is 1. The van der Waals surface area contributed by atoms with Crippen LogP contribution in [0.1, 0.15) is 81.3 Å². The molecule has 5 rings (SSSR count). The van der Waals surface area contributed by atoms with Gasteiger partial charge >= 0.3 is 0 Å². The molecule has 0 aromatic heterocycles. The molecule has 2 saturated carbocycles. The second-order valence-electron chi connectivity index (χ2n) is 9.59. The van der Waals surface area contributed by atoms with E-state index in [1.165, 1.54) is 56.3 Å². The predicted molar refractivity (Wildman–Crippen MR) is 113 cm³/mol. The van der Waals surface area contributed by atoms with Gasteiger partial charge in [-0.3, -0.25) is 4.90 Å². The van der Waals surface area contributed by atoms with Crippen molar-refractivity contribution in [3.05, 3.63) is 41.0 Å². The fraction of sp³-hybridized carbons (Fsp3) is 0.680. The van der Waals surface area contributed by atoms with Gasteiger partial charge in [-0.2, -0.15) is 0 Å². The van der Waals surface area contributed by atoms with E-state index in [-0.39, 0.29) is 11.7 Å². The van der Waals surface area contributed by atoms with Crippen LogP contribution < -0.4 is 0 Å². The lowest BCUT2D eigenvalue weighted by Crippen LogP contribution is -2.43. The largest absolute Gasteiger partial charge is 0.393 e. The Bertz CT molecular complexity index is 690. The summed E-state index contributed by atoms with van der Waals surface area (Å²) < 4.78 is 6.26. The molecule has 3 atom stereocenters. The van der Waals surface area contributed by atoms with Crippen LogP contribution in [0.25, 0.3) is 6.08 Å². The number of benzene rings is 1. The van der Waals surface area contributed by atoms with Crippen molar-refractivity contribution in [2.75, 3.05) is 19.7 Å². The average molecular weight is 382 g/mol. The molecule has 0 amide bonds. The van der Waals surface area contributed by atoms with Gasteiger partial charge in [0.25, 0.3) is 0 Å². The van der Waals surface area contributed by atoms with Gasteiger partial charge in [-0.25, -0.2) is 0 Å². The summed E-state index contributed by atoms with van der Waals surface area (Å²) in [6.07, 6.45) is 14.0. The second kappa shape index (κ2) is 7.93. The normalized spacial score (nSPS) is 34.5. The first-order chi connectivity index (χ1) is 13.7. The Morgan fingerprint density at radius 3 is 2.43 bits per heavy atom. The molecule has 1 spiro atoms. The molecule has 0 radical (unpaired) electrons. The van der Waals surface area contributed by atoms with Crippen molar-refractivity contribution in [1.29, 1.82) is 0 Å². The van der Waals surface area contributed by atoms with Crippen molar-refractivity contribution < 1.29 is 9.84 Å². The number of rotatable bonds is 3. The standard InChI is InChI=1S/C25H35NO2/c27-23-9-13-25(12-2-16-28-25)24(18-23)21-7-5-19(6-8-21)17-20-10-14-26(15-11-20)22-3-1-4-22/h5-8,17,22-24,27H,1-4,9-16,18H2. The fourth-order valence-electron chi connectivity index (χ4n) is 5.95. The third kappa shape index (κ3) is 3.69. The molecule has 3 heteroatoms. The molecular weight excluding hydrogens is 346 g/mol. The summed E-state index contributed by atoms with van der Waals surface area (Å²) >= 11 is 0. The van der Waals surface area contributed by atoms with Crippen molar-refractivity contribution in [3.8, 4) is 0 Å². The number of nitrogens with zero attached hydrogens (tertiary/aromatic N) is 1. The molecule has 2 heterocycles. The van der Waals surface area contributed by atoms with Crippen LogP contribution in [0.15, 0.2) is 29.8 Å². The predicted octanol–water partition coefficient (Wildman–Crippen LogP) is 4.90. The Morgan fingerprint density at radius 2 is 1.79 bits per heavy atom. The maximum atomic E-state index is 10.3. The molecule has 2 aliphatic heterocycles. The van der Waals surface area contributed by atoms with Crippen LogP contribution in [0.3, 0.4) is 0 Å². The molecule has 152 valence electrons. The minimum atomic E-state index is -0.178. The van der Waals surface area contributed by atoms with E-state index in [9.17, 15) is 5.11 Å². The van der Waals surface area contributed by atoms with Gasteiger partial charge in [-0.15, -0.1) is 0 Å². The zero-order chi connectivity index (χ0) is 19.0. The summed E-state index contributed by atoms with van der Waals surface area (Å²) in [6, 6.07) is 10.0. The van der Waals surface area contributed by atoms with Gasteiger partial charge in [0.2, 0.25) is 0 Å². The lowest BCUT2D eigenvalue weighted by atomic mass is 9.69. The molecule has 2 saturated heterocycles. The van der Waals surface area contributed by atoms with E-state index in [4.69, 9.17) is 4.74 Å². The van der Waals surface area contributed by atoms with Crippen LogP contribution in [0.4, 0.5) is 0 Å². The van der Waals surface area contributed by atoms with Gasteiger partial charge in [0, 0.05) is 31.7 Å². The summed E-state index contributed by atoms with van der Waals surface area (Å²) in [5.74, 6) is 0.339. The van der Waals surface area contributed by atoms with Crippen LogP contribution in [-0.2, 0) is 4.74 Å². The monoisotopic (exact) mass is 381 g/mol. The SMILES string of the molecule is OC1CCC2(CCCO2)C(c2ccc(C=C3CCN(C4CCC4)CC3)cc2)C1. The highest BCUT2D eigenvalue weighted by Gasteiger charge is 2.46. The molecule has 1 aromatic rings. The molecular formula is C25H35NO2. The quantitative estimate of drug-likeness (QED) is 0.809. The van der Waals surface area contributed by atoms with Gasteiger partial charge in [0.05, 0.1) is 11.7 Å². The summed E-state index contributed by atoms with van der Waals surface area (Å²) in [4.78, 5) is 2.71. The van der Waals surface area contributed by atoms with E-state index in [2.05, 4.69) is 35.2 Å². The van der Waals surface area contributed by atoms with E-state index in [0.29, 0.717) is 5.92 Å². The minimum absolute atomic E-state index is 0.0203. The zero-order valence-corrected chi connectivity index (χ0v) is 17.1. The molecule has 0 bridgehead atoms. The van der Waals surface area contributed by atoms with Crippen molar-refractivity contribution in [3.63, 3.8) is 0 Å². The molecule has 28 heavy (non-hydrogen) atoms. The number of hydrogen-bond donors (Lipinski definition) is 1. The Morgan fingerprint density at radius 1 is 1.00 bits per heavy atom. The second-order valence-corrected chi connectivity index (χ2v) is 9.59. The number of piperidine rings is 1. The molecule has 2 aliphatic carbocycles. The third-order valence-electron chi connectivity index (χ3n) is 7.92. The highest BCUT2D eigenvalue weighted by molar-refractivity contribution is 5.54. The van der Waals surface area contributed by atoms with E-state index in [0.717, 1.165) is 44.8 Å². The lowest BCUT2D eigenvalue weighted by molar-refractivity contribution is -0.0684. The highest BCUT2D eigenvalue weighted by atomic mass is 16.5. The zero-order valence-electron chi connectivity index (χ0n) is 17.1. The third-order valence-corrected chi connectivity index (χ3v) is 7.92. The first-order valence-corrected chi connectivity index (χ1v) is 11.6. The molecule has 4 fully saturated rings. The minimum Gasteiger partial charge on any atom is -0.393 e. The molecule has 3 nitrogen and oxygen atoms in total. The van der Waals surface area contributed by atoms with Crippen LogP contribution in [0.5, 0.6) is 0 Å². The number of ether oxygens (including phenoxy) is 1. The summed E-state index contributed by atoms with van der Waals surface area (Å²) in [5.41, 5.74) is 4.26. The van der Waals surface area contributed by atoms with Gasteiger partial charge in [-0.05, 0) is 68.9 Å². The number of hydrogen-bond acceptors (Lipinski definition) is 3. The maximum Gasteiger partial charge on any atom is 0.0753 e. The van der Waals surface area contributed by atoms with Crippen LogP contribution in [0.2, 0.25) is 0 Å². The number of likely N-dealkylation sites (tertiary alicyclic amines) is 1. The Hall–Kier alpha value is -1.16. The fourth-order valence-corrected chi connectivity index (χ4v) is 5.95. The summed E-state index contributed by atoms with van der Waals surface area (Å²) in [7, 11) is 0. The van der Waals surface area contributed by atoms with E-state index in [1.54, 1.807) is 5.57 Å². The van der Waals surface area contributed by atoms with Crippen LogP contribution in [-0.4, -0.2) is 47.4 Å². The molecule has 4 aliphatic rings. The highest BCUT2D eigenvalue weighted by Crippen LogP contribution is 2.48. The first kappa shape index (κ1) is 18.8. The van der Waals surface area contributed by atoms with Gasteiger partial charge in [0.1, 0.15) is 0 Å². The van der Waals surface area contributed by atoms with Crippen molar-refractivity contribution >= 4 is 6.08 Å². The van der Waals surface area contributed by atoms with E-state index in [1.807, 2.05) is 0 Å². The van der Waals surface area contributed by atoms with E-state index < -0.39 is 0 Å². The maximum absolute atomic E-state index is 10.3. The van der Waals surface area contributed by atoms with Crippen molar-refractivity contribution in [1.82, 2.24) is 4.90 Å². The average Bonchev–Trinajstić information content (AvgIpc) is 3.14. The van der Waals surface area contributed by atoms with Crippen LogP contribution >= 0.6 is 0 Å². The Labute approximate surface area is 169 Å². The number of aliphatic hydroxyl groups excluding tert-OH is 1. The van der Waals surface area contributed by atoms with Gasteiger partial charge in [0.15, 0.2) is 0 Å². The molecule has 1 aromatic carbocycles. The summed E-state index contributed by atoms with van der Waals surface area (Å²) in [5, 5.41) is 10.3. The molecule has 3 unspecified atom stereocenters. The Kier molecular flexibility index (Phi) is 5.34. The van der Waals surface area contributed by atoms with Crippen molar-refractivity contribution in [2.24, 2.45) is 0 Å². The lowest BCUT2D eigenvalue weighted by Gasteiger charge is -2.42. The molecule has 1 N–H and O–H groups in total.